The predicted octanol–water partition coefficient (Wildman–Crippen LogP) is 2.54. The number of fused-ring (bicyclic) bond motifs is 1. The van der Waals surface area contributed by atoms with Crippen molar-refractivity contribution in [3.63, 3.8) is 0 Å². The van der Waals surface area contributed by atoms with E-state index in [-0.39, 0.29) is 5.54 Å². The summed E-state index contributed by atoms with van der Waals surface area (Å²) in [6.07, 6.45) is 6.52. The molecule has 7 heteroatoms. The average molecular weight is 413 g/mol. The van der Waals surface area contributed by atoms with Gasteiger partial charge in [-0.2, -0.15) is 0 Å². The largest absolute Gasteiger partial charge is 0.379 e. The van der Waals surface area contributed by atoms with E-state index in [1.54, 1.807) is 0 Å². The standard InChI is InChI=1S/C23H36N6O/c1-19-27-20-8-4-5-9-21(20)29(19)13-12-25-22(24-2)26-18-23(10-6-3-7-11-23)28-14-16-30-17-15-28/h4-5,8-9H,3,6-7,10-18H2,1-2H3,(H2,24,25,26). The highest BCUT2D eigenvalue weighted by Gasteiger charge is 2.38. The van der Waals surface area contributed by atoms with E-state index >= 15 is 0 Å². The molecule has 1 saturated heterocycles. The Bertz CT molecular complexity index is 848. The molecule has 7 nitrogen and oxygen atoms in total. The Hall–Kier alpha value is -2.12. The quantitative estimate of drug-likeness (QED) is 0.564. The molecular formula is C23H36N6O. The van der Waals surface area contributed by atoms with Crippen LogP contribution in [0.1, 0.15) is 37.9 Å². The monoisotopic (exact) mass is 412 g/mol. The molecule has 2 heterocycles. The fourth-order valence-corrected chi connectivity index (χ4v) is 5.09. The molecule has 1 aromatic heterocycles. The summed E-state index contributed by atoms with van der Waals surface area (Å²) in [7, 11) is 1.86. The van der Waals surface area contributed by atoms with E-state index in [0.29, 0.717) is 0 Å². The van der Waals surface area contributed by atoms with Crippen molar-refractivity contribution < 1.29 is 4.74 Å². The van der Waals surface area contributed by atoms with Crippen molar-refractivity contribution in [1.29, 1.82) is 0 Å². The molecule has 1 aromatic carbocycles. The second-order valence-electron chi connectivity index (χ2n) is 8.54. The molecule has 2 N–H and O–H groups in total. The minimum absolute atomic E-state index is 0.233. The van der Waals surface area contributed by atoms with Gasteiger partial charge in [-0.25, -0.2) is 4.98 Å². The maximum atomic E-state index is 5.61. The summed E-state index contributed by atoms with van der Waals surface area (Å²) in [4.78, 5) is 11.8. The van der Waals surface area contributed by atoms with Gasteiger partial charge in [0.25, 0.3) is 0 Å². The van der Waals surface area contributed by atoms with Crippen LogP contribution in [0, 0.1) is 6.92 Å². The number of aliphatic imine (C=N–C) groups is 1. The van der Waals surface area contributed by atoms with E-state index in [1.165, 1.54) is 37.6 Å². The summed E-state index contributed by atoms with van der Waals surface area (Å²) in [6, 6.07) is 8.32. The van der Waals surface area contributed by atoms with Crippen molar-refractivity contribution in [2.24, 2.45) is 4.99 Å². The van der Waals surface area contributed by atoms with Crippen molar-refractivity contribution in [3.05, 3.63) is 30.1 Å². The number of nitrogens with zero attached hydrogens (tertiary/aromatic N) is 4. The molecule has 0 bridgehead atoms. The second kappa shape index (κ2) is 9.79. The van der Waals surface area contributed by atoms with Gasteiger partial charge in [-0.05, 0) is 31.9 Å². The van der Waals surface area contributed by atoms with E-state index in [9.17, 15) is 0 Å². The fourth-order valence-electron chi connectivity index (χ4n) is 5.09. The van der Waals surface area contributed by atoms with E-state index in [0.717, 1.165) is 63.2 Å². The van der Waals surface area contributed by atoms with Crippen LogP contribution >= 0.6 is 0 Å². The number of hydrogen-bond acceptors (Lipinski definition) is 4. The molecule has 2 aliphatic rings. The van der Waals surface area contributed by atoms with Gasteiger partial charge >= 0.3 is 0 Å². The van der Waals surface area contributed by atoms with Gasteiger partial charge in [0, 0.05) is 45.3 Å². The molecule has 0 amide bonds. The molecule has 30 heavy (non-hydrogen) atoms. The van der Waals surface area contributed by atoms with Gasteiger partial charge < -0.3 is 19.9 Å². The van der Waals surface area contributed by atoms with Crippen LogP contribution < -0.4 is 10.6 Å². The number of ether oxygens (including phenoxy) is 1. The Morgan fingerprint density at radius 3 is 2.67 bits per heavy atom. The zero-order chi connectivity index (χ0) is 20.8. The lowest BCUT2D eigenvalue weighted by molar-refractivity contribution is -0.0352. The number of guanidine groups is 1. The summed E-state index contributed by atoms with van der Waals surface area (Å²) >= 11 is 0. The Kier molecular flexibility index (Phi) is 6.89. The van der Waals surface area contributed by atoms with Gasteiger partial charge in [-0.15, -0.1) is 0 Å². The average Bonchev–Trinajstić information content (AvgIpc) is 3.12. The highest BCUT2D eigenvalue weighted by atomic mass is 16.5. The topological polar surface area (TPSA) is 66.7 Å². The van der Waals surface area contributed by atoms with Gasteiger partial charge in [0.2, 0.25) is 0 Å². The molecule has 2 fully saturated rings. The SMILES string of the molecule is CN=C(NCCn1c(C)nc2ccccc21)NCC1(N2CCOCC2)CCCCC1. The third kappa shape index (κ3) is 4.62. The fraction of sp³-hybridized carbons (Fsp3) is 0.652. The first-order valence-corrected chi connectivity index (χ1v) is 11.4. The van der Waals surface area contributed by atoms with Gasteiger partial charge in [0.05, 0.1) is 24.2 Å². The zero-order valence-electron chi connectivity index (χ0n) is 18.5. The molecule has 1 aliphatic carbocycles. The zero-order valence-corrected chi connectivity index (χ0v) is 18.5. The molecule has 0 spiro atoms. The highest BCUT2D eigenvalue weighted by Crippen LogP contribution is 2.33. The third-order valence-corrected chi connectivity index (χ3v) is 6.75. The van der Waals surface area contributed by atoms with Gasteiger partial charge in [-0.3, -0.25) is 9.89 Å². The summed E-state index contributed by atoms with van der Waals surface area (Å²) in [5.41, 5.74) is 2.48. The molecular weight excluding hydrogens is 376 g/mol. The first kappa shape index (κ1) is 21.1. The van der Waals surface area contributed by atoms with Gasteiger partial charge in [0.15, 0.2) is 5.96 Å². The van der Waals surface area contributed by atoms with Crippen LogP contribution in [-0.4, -0.2) is 72.4 Å². The number of imidazole rings is 1. The van der Waals surface area contributed by atoms with Crippen molar-refractivity contribution in [1.82, 2.24) is 25.1 Å². The molecule has 2 aromatic rings. The lowest BCUT2D eigenvalue weighted by atomic mass is 9.80. The number of aromatic nitrogens is 2. The Morgan fingerprint density at radius 2 is 1.90 bits per heavy atom. The minimum Gasteiger partial charge on any atom is -0.379 e. The van der Waals surface area contributed by atoms with Crippen LogP contribution in [0.2, 0.25) is 0 Å². The normalized spacial score (nSPS) is 20.4. The predicted molar refractivity (Wildman–Crippen MR) is 122 cm³/mol. The van der Waals surface area contributed by atoms with Crippen molar-refractivity contribution >= 4 is 17.0 Å². The maximum Gasteiger partial charge on any atom is 0.191 e. The maximum absolute atomic E-state index is 5.61. The number of nitrogens with one attached hydrogen (secondary N) is 2. The van der Waals surface area contributed by atoms with Crippen molar-refractivity contribution in [2.75, 3.05) is 46.4 Å². The van der Waals surface area contributed by atoms with Gasteiger partial charge in [-0.1, -0.05) is 31.4 Å². The highest BCUT2D eigenvalue weighted by molar-refractivity contribution is 5.79. The summed E-state index contributed by atoms with van der Waals surface area (Å²) in [6.45, 7) is 8.48. The molecule has 0 unspecified atom stereocenters. The number of rotatable bonds is 6. The van der Waals surface area contributed by atoms with Crippen LogP contribution in [-0.2, 0) is 11.3 Å². The Balaban J connectivity index is 1.34. The first-order valence-electron chi connectivity index (χ1n) is 11.4. The van der Waals surface area contributed by atoms with Crippen molar-refractivity contribution in [2.45, 2.75) is 51.1 Å². The van der Waals surface area contributed by atoms with Crippen LogP contribution in [0.4, 0.5) is 0 Å². The number of hydrogen-bond donors (Lipinski definition) is 2. The lowest BCUT2D eigenvalue weighted by Crippen LogP contribution is -2.60. The molecule has 1 saturated carbocycles. The molecule has 164 valence electrons. The van der Waals surface area contributed by atoms with E-state index < -0.39 is 0 Å². The second-order valence-corrected chi connectivity index (χ2v) is 8.54. The molecule has 1 aliphatic heterocycles. The van der Waals surface area contributed by atoms with E-state index in [1.807, 2.05) is 13.1 Å². The smallest absolute Gasteiger partial charge is 0.191 e. The number of aryl methyl sites for hydroxylation is 1. The first-order chi connectivity index (χ1) is 14.7. The van der Waals surface area contributed by atoms with E-state index in [2.05, 4.69) is 55.2 Å². The van der Waals surface area contributed by atoms with E-state index in [4.69, 9.17) is 4.74 Å². The summed E-state index contributed by atoms with van der Waals surface area (Å²) in [5, 5.41) is 7.15. The number of para-hydroxylation sites is 2. The molecule has 0 radical (unpaired) electrons. The third-order valence-electron chi connectivity index (χ3n) is 6.75. The summed E-state index contributed by atoms with van der Waals surface area (Å²) < 4.78 is 7.88. The van der Waals surface area contributed by atoms with Gasteiger partial charge in [0.1, 0.15) is 5.82 Å². The van der Waals surface area contributed by atoms with Crippen LogP contribution in [0.3, 0.4) is 0 Å². The Labute approximate surface area is 179 Å². The van der Waals surface area contributed by atoms with Crippen LogP contribution in [0.25, 0.3) is 11.0 Å². The summed E-state index contributed by atoms with van der Waals surface area (Å²) in [5.74, 6) is 1.93. The number of morpholine rings is 1. The van der Waals surface area contributed by atoms with Crippen LogP contribution in [0.5, 0.6) is 0 Å². The lowest BCUT2D eigenvalue weighted by Gasteiger charge is -2.48. The minimum atomic E-state index is 0.233. The van der Waals surface area contributed by atoms with Crippen molar-refractivity contribution in [3.8, 4) is 0 Å². The molecule has 4 rings (SSSR count). The molecule has 0 atom stereocenters. The number of benzene rings is 1. The Morgan fingerprint density at radius 1 is 1.13 bits per heavy atom. The van der Waals surface area contributed by atoms with Crippen LogP contribution in [0.15, 0.2) is 29.3 Å².